The van der Waals surface area contributed by atoms with Gasteiger partial charge in [0.15, 0.2) is 0 Å². The van der Waals surface area contributed by atoms with Gasteiger partial charge in [0, 0.05) is 33.0 Å². The van der Waals surface area contributed by atoms with Crippen LogP contribution in [0.4, 0.5) is 9.59 Å². The molecule has 10 nitrogen and oxygen atoms in total. The number of hydrogen-bond acceptors (Lipinski definition) is 6. The van der Waals surface area contributed by atoms with Crippen LogP contribution in [0.2, 0.25) is 0 Å². The lowest BCUT2D eigenvalue weighted by molar-refractivity contribution is 0.0527. The van der Waals surface area contributed by atoms with Crippen molar-refractivity contribution in [2.75, 3.05) is 20.1 Å². The summed E-state index contributed by atoms with van der Waals surface area (Å²) in [7, 11) is 1.78. The molecule has 3 N–H and O–H groups in total. The molecule has 2 aromatic heterocycles. The molecule has 0 bridgehead atoms. The molecule has 0 aliphatic carbocycles. The number of rotatable bonds is 15. The van der Waals surface area contributed by atoms with Gasteiger partial charge in [-0.05, 0) is 115 Å². The van der Waals surface area contributed by atoms with Crippen LogP contribution < -0.4 is 5.32 Å². The standard InChI is InChI=1S/C48H52N6O4/c1-48(2,3)58-46(55)49-26-10-8-15-45-51-41-25-24-39(30-42(41)52-45)38-23-19-35-18-22-37(28-40(35)29-38)34-16-20-36(21-17-34)43-31-50-44(53-43)14-9-11-27-54(4)47(56)57-32-33-12-6-5-7-13-33/h5-7,12-13,16-25,28-31H,8-11,14-15,26-27,32H2,1-4H3,(H,49,55)(H,50,53)(H,51,52). The summed E-state index contributed by atoms with van der Waals surface area (Å²) >= 11 is 0. The van der Waals surface area contributed by atoms with Gasteiger partial charge in [-0.15, -0.1) is 0 Å². The number of aryl methyl sites for hydroxylation is 2. The maximum absolute atomic E-state index is 12.4. The summed E-state index contributed by atoms with van der Waals surface area (Å²) in [6.45, 7) is 7.05. The Morgan fingerprint density at radius 2 is 1.36 bits per heavy atom. The Hall–Kier alpha value is -6.42. The van der Waals surface area contributed by atoms with Gasteiger partial charge in [0.2, 0.25) is 0 Å². The number of fused-ring (bicyclic) bond motifs is 2. The first kappa shape index (κ1) is 39.8. The fraction of sp³-hybridized carbons (Fsp3) is 0.292. The lowest BCUT2D eigenvalue weighted by atomic mass is 9.97. The molecule has 0 fully saturated rings. The lowest BCUT2D eigenvalue weighted by Crippen LogP contribution is -2.33. The second-order valence-corrected chi connectivity index (χ2v) is 15.8. The minimum absolute atomic E-state index is 0.277. The van der Waals surface area contributed by atoms with Crippen molar-refractivity contribution in [1.82, 2.24) is 30.2 Å². The number of amides is 2. The summed E-state index contributed by atoms with van der Waals surface area (Å²) in [4.78, 5) is 42.3. The van der Waals surface area contributed by atoms with Crippen molar-refractivity contribution in [2.24, 2.45) is 0 Å². The zero-order valence-corrected chi connectivity index (χ0v) is 33.8. The summed E-state index contributed by atoms with van der Waals surface area (Å²) in [5.74, 6) is 1.88. The summed E-state index contributed by atoms with van der Waals surface area (Å²) in [6.07, 6.45) is 6.32. The Balaban J connectivity index is 0.910. The number of benzene rings is 5. The van der Waals surface area contributed by atoms with Gasteiger partial charge in [-0.25, -0.2) is 19.6 Å². The molecule has 2 amide bonds. The normalized spacial score (nSPS) is 11.5. The smallest absolute Gasteiger partial charge is 0.409 e. The number of nitrogens with zero attached hydrogens (tertiary/aromatic N) is 3. The van der Waals surface area contributed by atoms with Crippen LogP contribution in [0, 0.1) is 0 Å². The van der Waals surface area contributed by atoms with Crippen molar-refractivity contribution in [3.8, 4) is 33.5 Å². The molecule has 0 radical (unpaired) electrons. The third-order valence-electron chi connectivity index (χ3n) is 10.0. The van der Waals surface area contributed by atoms with Crippen LogP contribution in [0.15, 0.2) is 115 Å². The topological polar surface area (TPSA) is 125 Å². The van der Waals surface area contributed by atoms with Crippen molar-refractivity contribution in [3.63, 3.8) is 0 Å². The molecule has 0 aliphatic heterocycles. The summed E-state index contributed by atoms with van der Waals surface area (Å²) < 4.78 is 10.7. The molecule has 0 spiro atoms. The Bertz CT molecular complexity index is 2460. The SMILES string of the molecule is CN(CCCCc1ncc(-c2ccc(-c3ccc4ccc(-c5ccc6nc(CCCCNC(=O)OC(C)(C)C)[nH]c6c5)cc4c3)cc2)[nH]1)C(=O)OCc1ccccc1. The van der Waals surface area contributed by atoms with E-state index in [1.165, 1.54) is 10.8 Å². The number of ether oxygens (including phenoxy) is 2. The number of H-pyrrole nitrogens is 2. The largest absolute Gasteiger partial charge is 0.445 e. The van der Waals surface area contributed by atoms with E-state index in [1.807, 2.05) is 57.3 Å². The van der Waals surface area contributed by atoms with Crippen molar-refractivity contribution >= 4 is 34.0 Å². The molecule has 0 saturated heterocycles. The monoisotopic (exact) mass is 776 g/mol. The number of imidazole rings is 2. The van der Waals surface area contributed by atoms with E-state index in [2.05, 4.69) is 99.1 Å². The van der Waals surface area contributed by atoms with E-state index < -0.39 is 5.60 Å². The maximum Gasteiger partial charge on any atom is 0.409 e. The van der Waals surface area contributed by atoms with Crippen LogP contribution >= 0.6 is 0 Å². The third-order valence-corrected chi connectivity index (χ3v) is 10.0. The first-order valence-electron chi connectivity index (χ1n) is 20.1. The molecule has 5 aromatic carbocycles. The van der Waals surface area contributed by atoms with Gasteiger partial charge in [0.25, 0.3) is 0 Å². The first-order valence-corrected chi connectivity index (χ1v) is 20.1. The van der Waals surface area contributed by atoms with Gasteiger partial charge in [0.05, 0.1) is 22.9 Å². The zero-order chi connectivity index (χ0) is 40.5. The molecule has 7 aromatic rings. The van der Waals surface area contributed by atoms with Crippen LogP contribution in [0.3, 0.4) is 0 Å². The average molecular weight is 777 g/mol. The number of alkyl carbamates (subject to hydrolysis) is 1. The number of nitrogens with one attached hydrogen (secondary N) is 3. The zero-order valence-electron chi connectivity index (χ0n) is 33.8. The van der Waals surface area contributed by atoms with Crippen LogP contribution in [-0.2, 0) is 28.9 Å². The molecule has 10 heteroatoms. The van der Waals surface area contributed by atoms with Gasteiger partial charge in [0.1, 0.15) is 23.9 Å². The highest BCUT2D eigenvalue weighted by molar-refractivity contribution is 5.92. The lowest BCUT2D eigenvalue weighted by Gasteiger charge is -2.19. The molecule has 0 aliphatic rings. The van der Waals surface area contributed by atoms with E-state index in [0.717, 1.165) is 100 Å². The van der Waals surface area contributed by atoms with Crippen molar-refractivity contribution < 1.29 is 19.1 Å². The molecule has 2 heterocycles. The molecular formula is C48H52N6O4. The van der Waals surface area contributed by atoms with E-state index >= 15 is 0 Å². The Kier molecular flexibility index (Phi) is 12.5. The second-order valence-electron chi connectivity index (χ2n) is 15.8. The fourth-order valence-corrected chi connectivity index (χ4v) is 6.93. The summed E-state index contributed by atoms with van der Waals surface area (Å²) in [5, 5.41) is 5.19. The van der Waals surface area contributed by atoms with Gasteiger partial charge in [-0.3, -0.25) is 0 Å². The molecular weight excluding hydrogens is 725 g/mol. The minimum Gasteiger partial charge on any atom is -0.445 e. The molecule has 58 heavy (non-hydrogen) atoms. The van der Waals surface area contributed by atoms with E-state index in [1.54, 1.807) is 11.9 Å². The third kappa shape index (κ3) is 10.7. The number of carbonyl (C=O) groups is 2. The maximum atomic E-state index is 12.4. The number of hydrogen-bond donors (Lipinski definition) is 3. The molecule has 298 valence electrons. The van der Waals surface area contributed by atoms with E-state index in [4.69, 9.17) is 14.5 Å². The minimum atomic E-state index is -0.499. The number of aromatic amines is 2. The highest BCUT2D eigenvalue weighted by atomic mass is 16.6. The second kappa shape index (κ2) is 18.2. The van der Waals surface area contributed by atoms with Crippen LogP contribution in [0.1, 0.15) is 63.7 Å². The van der Waals surface area contributed by atoms with Gasteiger partial charge in [-0.1, -0.05) is 84.9 Å². The molecule has 0 saturated carbocycles. The molecule has 0 atom stereocenters. The number of unbranched alkanes of at least 4 members (excludes halogenated alkanes) is 2. The highest BCUT2D eigenvalue weighted by Gasteiger charge is 2.16. The van der Waals surface area contributed by atoms with E-state index in [9.17, 15) is 9.59 Å². The highest BCUT2D eigenvalue weighted by Crippen LogP contribution is 2.31. The predicted molar refractivity (Wildman–Crippen MR) is 231 cm³/mol. The van der Waals surface area contributed by atoms with Gasteiger partial charge >= 0.3 is 12.2 Å². The van der Waals surface area contributed by atoms with Crippen molar-refractivity contribution in [1.29, 1.82) is 0 Å². The van der Waals surface area contributed by atoms with Crippen LogP contribution in [0.5, 0.6) is 0 Å². The Morgan fingerprint density at radius 3 is 2.12 bits per heavy atom. The fourth-order valence-electron chi connectivity index (χ4n) is 6.93. The summed E-state index contributed by atoms with van der Waals surface area (Å²) in [5.41, 5.74) is 9.09. The Labute approximate surface area is 340 Å². The van der Waals surface area contributed by atoms with E-state index in [0.29, 0.717) is 13.1 Å². The van der Waals surface area contributed by atoms with Crippen molar-refractivity contribution in [3.05, 3.63) is 133 Å². The van der Waals surface area contributed by atoms with Gasteiger partial charge < -0.3 is 29.7 Å². The van der Waals surface area contributed by atoms with Crippen LogP contribution in [0.25, 0.3) is 55.3 Å². The number of aromatic nitrogens is 4. The van der Waals surface area contributed by atoms with Crippen molar-refractivity contribution in [2.45, 2.75) is 71.5 Å². The quantitative estimate of drug-likeness (QED) is 0.0890. The number of carbonyl (C=O) groups excluding carboxylic acids is 2. The molecule has 7 rings (SSSR count). The van der Waals surface area contributed by atoms with E-state index in [-0.39, 0.29) is 18.8 Å². The predicted octanol–water partition coefficient (Wildman–Crippen LogP) is 10.9. The van der Waals surface area contributed by atoms with Gasteiger partial charge in [-0.2, -0.15) is 0 Å². The first-order chi connectivity index (χ1) is 28.1. The van der Waals surface area contributed by atoms with Crippen LogP contribution in [-0.4, -0.2) is 62.8 Å². The Morgan fingerprint density at radius 1 is 0.707 bits per heavy atom. The average Bonchev–Trinajstić information content (AvgIpc) is 3.87. The molecule has 0 unspecified atom stereocenters. The summed E-state index contributed by atoms with van der Waals surface area (Å²) in [6, 6.07) is 37.9.